The van der Waals surface area contributed by atoms with E-state index in [0.717, 1.165) is 24.3 Å². The van der Waals surface area contributed by atoms with E-state index in [1.807, 2.05) is 41.5 Å². The van der Waals surface area contributed by atoms with Gasteiger partial charge in [-0.25, -0.2) is 0 Å². The van der Waals surface area contributed by atoms with Gasteiger partial charge < -0.3 is 10.2 Å². The highest BCUT2D eigenvalue weighted by atomic mass is 32.2. The summed E-state index contributed by atoms with van der Waals surface area (Å²) in [5.41, 5.74) is 0.834. The molecule has 0 saturated carbocycles. The van der Waals surface area contributed by atoms with Gasteiger partial charge in [-0.05, 0) is 31.2 Å². The van der Waals surface area contributed by atoms with Crippen molar-refractivity contribution in [2.45, 2.75) is 19.3 Å². The van der Waals surface area contributed by atoms with E-state index in [2.05, 4.69) is 5.32 Å². The number of carbonyl (C=O) groups excluding carboxylic acids is 2. The third-order valence-electron chi connectivity index (χ3n) is 3.78. The average molecular weight is 306 g/mol. The minimum absolute atomic E-state index is 0.00908. The predicted molar refractivity (Wildman–Crippen MR) is 87.4 cm³/mol. The molecule has 1 fully saturated rings. The fourth-order valence-corrected chi connectivity index (χ4v) is 2.88. The molecule has 1 aromatic rings. The van der Waals surface area contributed by atoms with Crippen LogP contribution in [-0.4, -0.2) is 41.8 Å². The molecule has 0 bridgehead atoms. The lowest BCUT2D eigenvalue weighted by atomic mass is 9.95. The largest absolute Gasteiger partial charge is 0.343 e. The zero-order valence-electron chi connectivity index (χ0n) is 12.4. The molecule has 0 radical (unpaired) electrons. The molecule has 0 atom stereocenters. The Labute approximate surface area is 130 Å². The molecular weight excluding hydrogens is 284 g/mol. The van der Waals surface area contributed by atoms with Crippen LogP contribution in [0.5, 0.6) is 0 Å². The van der Waals surface area contributed by atoms with E-state index < -0.39 is 0 Å². The lowest BCUT2D eigenvalue weighted by molar-refractivity contribution is -0.134. The van der Waals surface area contributed by atoms with Crippen LogP contribution in [-0.2, 0) is 9.59 Å². The number of rotatable bonds is 5. The molecule has 0 aliphatic carbocycles. The van der Waals surface area contributed by atoms with Gasteiger partial charge in [0.2, 0.25) is 11.8 Å². The van der Waals surface area contributed by atoms with Crippen LogP contribution in [0.25, 0.3) is 0 Å². The summed E-state index contributed by atoms with van der Waals surface area (Å²) in [6, 6.07) is 9.51. The molecule has 1 heterocycles. The van der Waals surface area contributed by atoms with Crippen LogP contribution in [0.2, 0.25) is 0 Å². The second-order valence-electron chi connectivity index (χ2n) is 5.25. The van der Waals surface area contributed by atoms with Gasteiger partial charge in [-0.2, -0.15) is 11.8 Å². The van der Waals surface area contributed by atoms with Gasteiger partial charge in [0.25, 0.3) is 0 Å². The highest BCUT2D eigenvalue weighted by molar-refractivity contribution is 7.98. The summed E-state index contributed by atoms with van der Waals surface area (Å²) >= 11 is 1.69. The maximum atomic E-state index is 12.2. The van der Waals surface area contributed by atoms with Crippen molar-refractivity contribution in [2.75, 3.05) is 30.4 Å². The third-order valence-corrected chi connectivity index (χ3v) is 4.39. The number of para-hydroxylation sites is 1. The molecule has 1 aliphatic heterocycles. The van der Waals surface area contributed by atoms with Gasteiger partial charge in [-0.15, -0.1) is 0 Å². The van der Waals surface area contributed by atoms with Gasteiger partial charge in [0, 0.05) is 36.9 Å². The smallest absolute Gasteiger partial charge is 0.227 e. The van der Waals surface area contributed by atoms with Crippen molar-refractivity contribution >= 4 is 29.3 Å². The molecule has 114 valence electrons. The maximum absolute atomic E-state index is 12.2. The highest BCUT2D eigenvalue weighted by Crippen LogP contribution is 2.20. The Bertz CT molecular complexity index is 470. The first-order valence-corrected chi connectivity index (χ1v) is 8.72. The van der Waals surface area contributed by atoms with Gasteiger partial charge in [-0.1, -0.05) is 18.2 Å². The Morgan fingerprint density at radius 2 is 1.90 bits per heavy atom. The number of benzene rings is 1. The molecule has 0 spiro atoms. The van der Waals surface area contributed by atoms with Gasteiger partial charge >= 0.3 is 0 Å². The summed E-state index contributed by atoms with van der Waals surface area (Å²) in [6.45, 7) is 1.39. The van der Waals surface area contributed by atoms with Crippen LogP contribution in [0.3, 0.4) is 0 Å². The Balaban J connectivity index is 1.78. The second kappa shape index (κ2) is 8.08. The first-order chi connectivity index (χ1) is 10.2. The number of amides is 2. The lowest BCUT2D eigenvalue weighted by Gasteiger charge is -2.31. The van der Waals surface area contributed by atoms with Crippen molar-refractivity contribution in [3.8, 4) is 0 Å². The molecule has 2 rings (SSSR count). The predicted octanol–water partition coefficient (Wildman–Crippen LogP) is 2.62. The van der Waals surface area contributed by atoms with Gasteiger partial charge in [0.1, 0.15) is 0 Å². The van der Waals surface area contributed by atoms with Crippen LogP contribution >= 0.6 is 11.8 Å². The van der Waals surface area contributed by atoms with Crippen molar-refractivity contribution in [1.82, 2.24) is 4.90 Å². The number of likely N-dealkylation sites (tertiary alicyclic amines) is 1. The molecule has 0 aromatic heterocycles. The number of nitrogens with one attached hydrogen (secondary N) is 1. The second-order valence-corrected chi connectivity index (χ2v) is 6.24. The molecule has 1 N–H and O–H groups in total. The van der Waals surface area contributed by atoms with Crippen molar-refractivity contribution < 1.29 is 9.59 Å². The van der Waals surface area contributed by atoms with Crippen molar-refractivity contribution in [1.29, 1.82) is 0 Å². The zero-order valence-corrected chi connectivity index (χ0v) is 13.2. The normalized spacial score (nSPS) is 15.8. The van der Waals surface area contributed by atoms with Gasteiger partial charge in [-0.3, -0.25) is 9.59 Å². The Hall–Kier alpha value is -1.49. The number of thioether (sulfide) groups is 1. The number of hydrogen-bond donors (Lipinski definition) is 1. The summed E-state index contributed by atoms with van der Waals surface area (Å²) in [5.74, 6) is 1.16. The molecular formula is C16H22N2O2S. The molecule has 4 nitrogen and oxygen atoms in total. The van der Waals surface area contributed by atoms with E-state index in [1.165, 1.54) is 0 Å². The minimum Gasteiger partial charge on any atom is -0.343 e. The lowest BCUT2D eigenvalue weighted by Crippen LogP contribution is -2.41. The number of piperidine rings is 1. The quantitative estimate of drug-likeness (QED) is 0.910. The van der Waals surface area contributed by atoms with Crippen LogP contribution in [0.1, 0.15) is 19.3 Å². The number of hydrogen-bond acceptors (Lipinski definition) is 3. The highest BCUT2D eigenvalue weighted by Gasteiger charge is 2.26. The van der Waals surface area contributed by atoms with E-state index >= 15 is 0 Å². The molecule has 1 saturated heterocycles. The molecule has 1 aliphatic rings. The molecule has 2 amide bonds. The van der Waals surface area contributed by atoms with Crippen LogP contribution in [0.4, 0.5) is 5.69 Å². The SMILES string of the molecule is CSCCC(=O)N1CCC(C(=O)Nc2ccccc2)CC1. The van der Waals surface area contributed by atoms with Gasteiger partial charge in [0.15, 0.2) is 0 Å². The molecule has 5 heteroatoms. The Morgan fingerprint density at radius 3 is 2.52 bits per heavy atom. The van der Waals surface area contributed by atoms with E-state index in [4.69, 9.17) is 0 Å². The summed E-state index contributed by atoms with van der Waals surface area (Å²) in [4.78, 5) is 26.0. The summed E-state index contributed by atoms with van der Waals surface area (Å²) in [6.07, 6.45) is 4.11. The third kappa shape index (κ3) is 4.77. The molecule has 21 heavy (non-hydrogen) atoms. The minimum atomic E-state index is 0.00908. The van der Waals surface area contributed by atoms with Gasteiger partial charge in [0.05, 0.1) is 0 Å². The van der Waals surface area contributed by atoms with Crippen molar-refractivity contribution in [2.24, 2.45) is 5.92 Å². The van der Waals surface area contributed by atoms with Crippen LogP contribution in [0, 0.1) is 5.92 Å². The summed E-state index contributed by atoms with van der Waals surface area (Å²) in [7, 11) is 0. The molecule has 1 aromatic carbocycles. The number of anilines is 1. The van der Waals surface area contributed by atoms with Crippen LogP contribution in [0.15, 0.2) is 30.3 Å². The van der Waals surface area contributed by atoms with E-state index in [0.29, 0.717) is 19.5 Å². The van der Waals surface area contributed by atoms with Crippen molar-refractivity contribution in [3.05, 3.63) is 30.3 Å². The number of carbonyl (C=O) groups is 2. The number of nitrogens with zero attached hydrogens (tertiary/aromatic N) is 1. The fourth-order valence-electron chi connectivity index (χ4n) is 2.50. The average Bonchev–Trinajstić information content (AvgIpc) is 2.53. The van der Waals surface area contributed by atoms with E-state index in [9.17, 15) is 9.59 Å². The summed E-state index contributed by atoms with van der Waals surface area (Å²) in [5, 5.41) is 2.94. The monoisotopic (exact) mass is 306 g/mol. The zero-order chi connectivity index (χ0) is 15.1. The Morgan fingerprint density at radius 1 is 1.24 bits per heavy atom. The fraction of sp³-hybridized carbons (Fsp3) is 0.500. The van der Waals surface area contributed by atoms with Crippen molar-refractivity contribution in [3.63, 3.8) is 0 Å². The maximum Gasteiger partial charge on any atom is 0.227 e. The van der Waals surface area contributed by atoms with E-state index in [-0.39, 0.29) is 17.7 Å². The van der Waals surface area contributed by atoms with E-state index in [1.54, 1.807) is 11.8 Å². The topological polar surface area (TPSA) is 49.4 Å². The summed E-state index contributed by atoms with van der Waals surface area (Å²) < 4.78 is 0. The standard InChI is InChI=1S/C16H22N2O2S/c1-21-12-9-15(19)18-10-7-13(8-11-18)16(20)17-14-5-3-2-4-6-14/h2-6,13H,7-12H2,1H3,(H,17,20). The first-order valence-electron chi connectivity index (χ1n) is 7.33. The van der Waals surface area contributed by atoms with Crippen LogP contribution < -0.4 is 5.32 Å². The molecule has 0 unspecified atom stereocenters. The first kappa shape index (κ1) is 15.9. The Kier molecular flexibility index (Phi) is 6.11.